The van der Waals surface area contributed by atoms with Crippen LogP contribution in [0.15, 0.2) is 17.0 Å². The third-order valence-corrected chi connectivity index (χ3v) is 4.06. The van der Waals surface area contributed by atoms with Crippen molar-refractivity contribution in [2.24, 2.45) is 0 Å². The Morgan fingerprint density at radius 3 is 2.94 bits per heavy atom. The maximum atomic E-state index is 11.1. The molecule has 0 amide bonds. The molecule has 2 rings (SSSR count). The molecule has 0 aliphatic carbocycles. The molecule has 1 aromatic carbocycles. The van der Waals surface area contributed by atoms with Gasteiger partial charge in [0.15, 0.2) is 0 Å². The second kappa shape index (κ2) is 4.47. The van der Waals surface area contributed by atoms with Crippen LogP contribution in [0.5, 0.6) is 0 Å². The van der Waals surface area contributed by atoms with Gasteiger partial charge in [-0.25, -0.2) is 4.79 Å². The molecule has 4 heteroatoms. The van der Waals surface area contributed by atoms with E-state index >= 15 is 0 Å². The van der Waals surface area contributed by atoms with Crippen LogP contribution in [0, 0.1) is 6.92 Å². The molecule has 1 atom stereocenters. The molecule has 86 valence electrons. The molecule has 0 saturated heterocycles. The topological polar surface area (TPSA) is 46.5 Å². The first-order chi connectivity index (χ1) is 7.65. The normalized spacial score (nSPS) is 19.2. The highest BCUT2D eigenvalue weighted by Crippen LogP contribution is 2.40. The number of methoxy groups -OCH3 is 1. The van der Waals surface area contributed by atoms with Crippen LogP contribution in [0.3, 0.4) is 0 Å². The summed E-state index contributed by atoms with van der Waals surface area (Å²) in [4.78, 5) is 12.2. The van der Waals surface area contributed by atoms with Gasteiger partial charge in [0.2, 0.25) is 0 Å². The number of hydrogen-bond donors (Lipinski definition) is 1. The van der Waals surface area contributed by atoms with Crippen LogP contribution in [-0.2, 0) is 4.74 Å². The van der Waals surface area contributed by atoms with Gasteiger partial charge in [-0.15, -0.1) is 11.8 Å². The highest BCUT2D eigenvalue weighted by Gasteiger charge is 2.25. The summed E-state index contributed by atoms with van der Waals surface area (Å²) in [7, 11) is 1.68. The Morgan fingerprint density at radius 1 is 1.56 bits per heavy atom. The van der Waals surface area contributed by atoms with Gasteiger partial charge in [0, 0.05) is 17.8 Å². The van der Waals surface area contributed by atoms with Gasteiger partial charge in [-0.3, -0.25) is 0 Å². The molecule has 16 heavy (non-hydrogen) atoms. The number of fused-ring (bicyclic) bond motifs is 1. The highest BCUT2D eigenvalue weighted by molar-refractivity contribution is 7.99. The van der Waals surface area contributed by atoms with Crippen molar-refractivity contribution < 1.29 is 14.6 Å². The fraction of sp³-hybridized carbons (Fsp3) is 0.417. The lowest BCUT2D eigenvalue weighted by Gasteiger charge is -2.26. The van der Waals surface area contributed by atoms with E-state index in [1.165, 1.54) is 0 Å². The van der Waals surface area contributed by atoms with E-state index in [9.17, 15) is 4.79 Å². The smallest absolute Gasteiger partial charge is 0.335 e. The van der Waals surface area contributed by atoms with Crippen LogP contribution in [0.1, 0.15) is 34.0 Å². The zero-order chi connectivity index (χ0) is 11.7. The van der Waals surface area contributed by atoms with Gasteiger partial charge >= 0.3 is 5.97 Å². The largest absolute Gasteiger partial charge is 0.478 e. The van der Waals surface area contributed by atoms with Crippen molar-refractivity contribution in [3.05, 3.63) is 28.8 Å². The highest BCUT2D eigenvalue weighted by atomic mass is 32.2. The van der Waals surface area contributed by atoms with Crippen molar-refractivity contribution in [2.45, 2.75) is 24.3 Å². The average molecular weight is 238 g/mol. The van der Waals surface area contributed by atoms with Gasteiger partial charge in [-0.1, -0.05) is 0 Å². The number of carbonyl (C=O) groups is 1. The first-order valence-electron chi connectivity index (χ1n) is 5.17. The van der Waals surface area contributed by atoms with Crippen LogP contribution in [0.25, 0.3) is 0 Å². The van der Waals surface area contributed by atoms with E-state index in [2.05, 4.69) is 0 Å². The number of hydrogen-bond acceptors (Lipinski definition) is 3. The van der Waals surface area contributed by atoms with Gasteiger partial charge in [0.1, 0.15) is 0 Å². The van der Waals surface area contributed by atoms with Gasteiger partial charge in [0.25, 0.3) is 0 Å². The van der Waals surface area contributed by atoms with Crippen molar-refractivity contribution in [3.8, 4) is 0 Å². The molecule has 0 fully saturated rings. The third kappa shape index (κ3) is 1.83. The van der Waals surface area contributed by atoms with Crippen molar-refractivity contribution in [2.75, 3.05) is 12.9 Å². The Labute approximate surface area is 98.8 Å². The lowest BCUT2D eigenvalue weighted by atomic mass is 9.96. The molecular weight excluding hydrogens is 224 g/mol. The predicted octanol–water partition coefficient (Wildman–Crippen LogP) is 2.88. The van der Waals surface area contributed by atoms with Gasteiger partial charge in [-0.2, -0.15) is 0 Å². The number of aromatic carboxylic acids is 1. The summed E-state index contributed by atoms with van der Waals surface area (Å²) < 4.78 is 5.43. The Morgan fingerprint density at radius 2 is 2.31 bits per heavy atom. The number of carboxylic acids is 1. The quantitative estimate of drug-likeness (QED) is 0.860. The second-order valence-corrected chi connectivity index (χ2v) is 4.95. The number of rotatable bonds is 2. The molecule has 3 nitrogen and oxygen atoms in total. The van der Waals surface area contributed by atoms with Crippen molar-refractivity contribution in [3.63, 3.8) is 0 Å². The molecule has 0 aromatic heterocycles. The Bertz CT molecular complexity index is 429. The second-order valence-electron chi connectivity index (χ2n) is 3.82. The standard InChI is InChI=1S/C12H14O3S/c1-7-8(12(13)14)3-4-10-11(7)9(15-2)5-6-16-10/h3-4,9H,5-6H2,1-2H3,(H,13,14). The van der Waals surface area contributed by atoms with Crippen molar-refractivity contribution >= 4 is 17.7 Å². The minimum atomic E-state index is -0.870. The maximum absolute atomic E-state index is 11.1. The van der Waals surface area contributed by atoms with E-state index in [4.69, 9.17) is 9.84 Å². The molecule has 0 saturated carbocycles. The molecule has 0 spiro atoms. The van der Waals surface area contributed by atoms with E-state index in [0.29, 0.717) is 5.56 Å². The lowest BCUT2D eigenvalue weighted by molar-refractivity contribution is 0.0694. The Balaban J connectivity index is 2.56. The molecule has 1 aromatic rings. The summed E-state index contributed by atoms with van der Waals surface area (Å²) >= 11 is 1.77. The lowest BCUT2D eigenvalue weighted by Crippen LogP contribution is -2.13. The number of thioether (sulfide) groups is 1. The van der Waals surface area contributed by atoms with E-state index in [1.54, 1.807) is 24.9 Å². The number of carboxylic acid groups (broad SMARTS) is 1. The summed E-state index contributed by atoms with van der Waals surface area (Å²) in [5.74, 6) is 0.155. The molecule has 0 bridgehead atoms. The summed E-state index contributed by atoms with van der Waals surface area (Å²) in [5, 5.41) is 9.08. The Kier molecular flexibility index (Phi) is 3.21. The monoisotopic (exact) mass is 238 g/mol. The first kappa shape index (κ1) is 11.5. The zero-order valence-corrected chi connectivity index (χ0v) is 10.1. The van der Waals surface area contributed by atoms with E-state index in [1.807, 2.05) is 13.0 Å². The first-order valence-corrected chi connectivity index (χ1v) is 6.16. The molecule has 1 aliphatic heterocycles. The van der Waals surface area contributed by atoms with E-state index in [0.717, 1.165) is 28.2 Å². The van der Waals surface area contributed by atoms with Gasteiger partial charge in [0.05, 0.1) is 11.7 Å². The molecule has 1 aliphatic rings. The number of ether oxygens (including phenoxy) is 1. The summed E-state index contributed by atoms with van der Waals surface area (Å²) in [6, 6.07) is 3.57. The average Bonchev–Trinajstić information content (AvgIpc) is 2.28. The predicted molar refractivity (Wildman–Crippen MR) is 63.2 cm³/mol. The molecule has 1 unspecified atom stereocenters. The van der Waals surface area contributed by atoms with Crippen LogP contribution < -0.4 is 0 Å². The SMILES string of the molecule is COC1CCSc2ccc(C(=O)O)c(C)c21. The van der Waals surface area contributed by atoms with Crippen LogP contribution >= 0.6 is 11.8 Å². The fourth-order valence-corrected chi connectivity index (χ4v) is 3.27. The van der Waals surface area contributed by atoms with Crippen molar-refractivity contribution in [1.29, 1.82) is 0 Å². The van der Waals surface area contributed by atoms with Gasteiger partial charge in [-0.05, 0) is 36.6 Å². The molecule has 1 heterocycles. The zero-order valence-electron chi connectivity index (χ0n) is 9.32. The minimum absolute atomic E-state index is 0.0375. The number of benzene rings is 1. The maximum Gasteiger partial charge on any atom is 0.335 e. The van der Waals surface area contributed by atoms with Crippen LogP contribution in [0.2, 0.25) is 0 Å². The van der Waals surface area contributed by atoms with Gasteiger partial charge < -0.3 is 9.84 Å². The molecule has 1 N–H and O–H groups in total. The van der Waals surface area contributed by atoms with Crippen LogP contribution in [0.4, 0.5) is 0 Å². The molecule has 0 radical (unpaired) electrons. The summed E-state index contributed by atoms with van der Waals surface area (Å²) in [6.45, 7) is 1.86. The summed E-state index contributed by atoms with van der Waals surface area (Å²) in [6.07, 6.45) is 0.980. The van der Waals surface area contributed by atoms with E-state index < -0.39 is 5.97 Å². The third-order valence-electron chi connectivity index (χ3n) is 2.95. The fourth-order valence-electron chi connectivity index (χ4n) is 2.12. The van der Waals surface area contributed by atoms with E-state index in [-0.39, 0.29) is 6.10 Å². The summed E-state index contributed by atoms with van der Waals surface area (Å²) in [5.41, 5.74) is 2.27. The minimum Gasteiger partial charge on any atom is -0.478 e. The molecular formula is C12H14O3S. The van der Waals surface area contributed by atoms with Crippen molar-refractivity contribution in [1.82, 2.24) is 0 Å². The van der Waals surface area contributed by atoms with Crippen LogP contribution in [-0.4, -0.2) is 23.9 Å². The Hall–Kier alpha value is -1.00.